The van der Waals surface area contributed by atoms with E-state index >= 15 is 0 Å². The van der Waals surface area contributed by atoms with Crippen LogP contribution in [0.5, 0.6) is 28.7 Å². The van der Waals surface area contributed by atoms with Crippen molar-refractivity contribution in [2.45, 2.75) is 67.3 Å². The van der Waals surface area contributed by atoms with Crippen molar-refractivity contribution < 1.29 is 63.2 Å². The Kier molecular flexibility index (Phi) is 8.88. The Morgan fingerprint density at radius 3 is 2.63 bits per heavy atom. The second kappa shape index (κ2) is 13.5. The van der Waals surface area contributed by atoms with Gasteiger partial charge in [-0.2, -0.15) is 0 Å². The van der Waals surface area contributed by atoms with Crippen LogP contribution < -0.4 is 45.7 Å². The van der Waals surface area contributed by atoms with E-state index in [1.807, 2.05) is 36.4 Å². The van der Waals surface area contributed by atoms with Gasteiger partial charge in [-0.1, -0.05) is 36.1 Å². The number of rotatable bonds is 8. The highest BCUT2D eigenvalue weighted by Gasteiger charge is 2.60. The SMILES string of the molecule is COc1ccc2c(c1OC)OC1c3c(cc4c(c3C3=c5ccccc5=NC3)C#CCC3(O)C(O)C(O)C(O4)OC3C(OC(=O)CC(=O)O)C(N)N)OCC21. The number of carbonyl (C=O) groups is 2. The fourth-order valence-corrected chi connectivity index (χ4v) is 7.91. The average Bonchev–Trinajstić information content (AvgIpc) is 3.75. The number of carbonyl (C=O) groups excluding carboxylic acids is 1. The fourth-order valence-electron chi connectivity index (χ4n) is 7.91. The maximum atomic E-state index is 12.4. The molecule has 0 aliphatic carbocycles. The number of hydrogen-bond donors (Lipinski definition) is 6. The molecule has 0 radical (unpaired) electrons. The molecule has 16 nitrogen and oxygen atoms in total. The van der Waals surface area contributed by atoms with Gasteiger partial charge in [0.15, 0.2) is 17.6 Å². The van der Waals surface area contributed by atoms with Crippen LogP contribution in [0, 0.1) is 11.8 Å². The Hall–Kier alpha value is -5.41. The highest BCUT2D eigenvalue weighted by Crippen LogP contribution is 2.58. The molecule has 6 heterocycles. The Balaban J connectivity index is 1.30. The van der Waals surface area contributed by atoms with Crippen LogP contribution in [0.15, 0.2) is 47.5 Å². The highest BCUT2D eigenvalue weighted by molar-refractivity contribution is 5.90. The van der Waals surface area contributed by atoms with Crippen LogP contribution >= 0.6 is 0 Å². The van der Waals surface area contributed by atoms with Crippen LogP contribution in [0.4, 0.5) is 0 Å². The van der Waals surface area contributed by atoms with E-state index in [9.17, 15) is 24.9 Å². The van der Waals surface area contributed by atoms with E-state index in [0.29, 0.717) is 39.7 Å². The first-order valence-corrected chi connectivity index (χ1v) is 17.1. The molecule has 1 saturated heterocycles. The monoisotopic (exact) mass is 743 g/mol. The molecule has 16 heteroatoms. The van der Waals surface area contributed by atoms with Gasteiger partial charge in [-0.25, -0.2) is 0 Å². The third-order valence-corrected chi connectivity index (χ3v) is 10.4. The summed E-state index contributed by atoms with van der Waals surface area (Å²) in [5.74, 6) is 5.07. The molecule has 6 aliphatic rings. The second-order valence-corrected chi connectivity index (χ2v) is 13.6. The molecule has 8 N–H and O–H groups in total. The van der Waals surface area contributed by atoms with E-state index in [1.165, 1.54) is 7.11 Å². The summed E-state index contributed by atoms with van der Waals surface area (Å²) in [6, 6.07) is 13.0. The number of hydrogen-bond acceptors (Lipinski definition) is 15. The number of nitrogens with two attached hydrogens (primary N) is 2. The van der Waals surface area contributed by atoms with E-state index in [4.69, 9.17) is 54.7 Å². The zero-order valence-electron chi connectivity index (χ0n) is 29.1. The first kappa shape index (κ1) is 35.6. The lowest BCUT2D eigenvalue weighted by Gasteiger charge is -2.50. The maximum absolute atomic E-state index is 12.4. The number of esters is 1. The molecule has 0 aromatic heterocycles. The van der Waals surface area contributed by atoms with E-state index in [0.717, 1.165) is 21.7 Å². The molecule has 3 aromatic rings. The van der Waals surface area contributed by atoms with Crippen LogP contribution in [-0.2, 0) is 19.1 Å². The number of benzene rings is 3. The Bertz CT molecular complexity index is 2250. The Morgan fingerprint density at radius 1 is 1.09 bits per heavy atom. The zero-order chi connectivity index (χ0) is 38.1. The van der Waals surface area contributed by atoms with Crippen molar-refractivity contribution in [3.63, 3.8) is 0 Å². The second-order valence-electron chi connectivity index (χ2n) is 13.6. The van der Waals surface area contributed by atoms with E-state index in [1.54, 1.807) is 13.2 Å². The maximum Gasteiger partial charge on any atom is 0.317 e. The van der Waals surface area contributed by atoms with Crippen molar-refractivity contribution >= 4 is 17.5 Å². The van der Waals surface area contributed by atoms with Gasteiger partial charge in [0.1, 0.15) is 47.9 Å². The predicted molar refractivity (Wildman–Crippen MR) is 184 cm³/mol. The summed E-state index contributed by atoms with van der Waals surface area (Å²) in [6.45, 7) is 0.491. The number of nitrogens with zero attached hydrogens (tertiary/aromatic N) is 1. The number of methoxy groups -OCH3 is 2. The Labute approximate surface area is 307 Å². The van der Waals surface area contributed by atoms with Gasteiger partial charge in [0.05, 0.1) is 50.4 Å². The highest BCUT2D eigenvalue weighted by atomic mass is 16.7. The van der Waals surface area contributed by atoms with Crippen LogP contribution in [0.1, 0.15) is 47.1 Å². The predicted octanol–water partition coefficient (Wildman–Crippen LogP) is -0.912. The summed E-state index contributed by atoms with van der Waals surface area (Å²) in [7, 11) is 3.08. The minimum Gasteiger partial charge on any atom is -0.493 e. The minimum absolute atomic E-state index is 0.0974. The van der Waals surface area contributed by atoms with Gasteiger partial charge in [-0.05, 0) is 17.7 Å². The Morgan fingerprint density at radius 2 is 1.89 bits per heavy atom. The summed E-state index contributed by atoms with van der Waals surface area (Å²) in [5, 5.41) is 45.4. The normalized spacial score (nSPS) is 27.5. The molecule has 0 saturated carbocycles. The molecular formula is C38H37N3O13. The van der Waals surface area contributed by atoms with Gasteiger partial charge < -0.3 is 65.1 Å². The first-order valence-electron chi connectivity index (χ1n) is 17.1. The smallest absolute Gasteiger partial charge is 0.317 e. The summed E-state index contributed by atoms with van der Waals surface area (Å²) in [5.41, 5.74) is 12.8. The summed E-state index contributed by atoms with van der Waals surface area (Å²) in [6.07, 6.45) is -12.7. The molecule has 54 heavy (non-hydrogen) atoms. The summed E-state index contributed by atoms with van der Waals surface area (Å²) >= 11 is 0. The van der Waals surface area contributed by atoms with Crippen molar-refractivity contribution in [1.82, 2.24) is 0 Å². The van der Waals surface area contributed by atoms with E-state index < -0.39 is 73.4 Å². The number of ether oxygens (including phenoxy) is 7. The number of fused-ring (bicyclic) bond motifs is 9. The van der Waals surface area contributed by atoms with Crippen LogP contribution in [0.25, 0.3) is 5.57 Å². The molecule has 3 aromatic carbocycles. The molecule has 2 bridgehead atoms. The van der Waals surface area contributed by atoms with Crippen LogP contribution in [-0.4, -0.2) is 102 Å². The van der Waals surface area contributed by atoms with Gasteiger partial charge in [0.2, 0.25) is 12.0 Å². The van der Waals surface area contributed by atoms with Crippen molar-refractivity contribution in [3.8, 4) is 40.6 Å². The third-order valence-electron chi connectivity index (χ3n) is 10.4. The number of carboxylic acids is 1. The minimum atomic E-state index is -2.44. The lowest BCUT2D eigenvalue weighted by atomic mass is 9.78. The van der Waals surface area contributed by atoms with Gasteiger partial charge in [-0.3, -0.25) is 14.6 Å². The number of aliphatic carboxylic acids is 1. The number of aliphatic hydroxyl groups excluding tert-OH is 2. The average molecular weight is 744 g/mol. The molecule has 9 rings (SSSR count). The number of aliphatic hydroxyl groups is 3. The molecule has 1 fully saturated rings. The molecule has 0 amide bonds. The lowest BCUT2D eigenvalue weighted by molar-refractivity contribution is -0.324. The molecule has 8 atom stereocenters. The topological polar surface area (TPSA) is 244 Å². The van der Waals surface area contributed by atoms with Crippen molar-refractivity contribution in [2.24, 2.45) is 16.5 Å². The van der Waals surface area contributed by atoms with Gasteiger partial charge in [0, 0.05) is 34.4 Å². The lowest BCUT2D eigenvalue weighted by Crippen LogP contribution is -2.72. The zero-order valence-corrected chi connectivity index (χ0v) is 29.1. The van der Waals surface area contributed by atoms with E-state index in [2.05, 4.69) is 11.8 Å². The van der Waals surface area contributed by atoms with Gasteiger partial charge in [-0.15, -0.1) is 0 Å². The third kappa shape index (κ3) is 5.59. The largest absolute Gasteiger partial charge is 0.493 e. The first-order chi connectivity index (χ1) is 25.9. The van der Waals surface area contributed by atoms with Crippen molar-refractivity contribution in [3.05, 3.63) is 75.3 Å². The molecular weight excluding hydrogens is 706 g/mol. The quantitative estimate of drug-likeness (QED) is 0.0708. The summed E-state index contributed by atoms with van der Waals surface area (Å²) in [4.78, 5) is 28.4. The fraction of sp³-hybridized carbons (Fsp3) is 0.395. The van der Waals surface area contributed by atoms with Gasteiger partial charge in [0.25, 0.3) is 0 Å². The van der Waals surface area contributed by atoms with E-state index in [-0.39, 0.29) is 24.8 Å². The van der Waals surface area contributed by atoms with Crippen LogP contribution in [0.3, 0.4) is 0 Å². The molecule has 0 spiro atoms. The summed E-state index contributed by atoms with van der Waals surface area (Å²) < 4.78 is 42.2. The molecule has 6 aliphatic heterocycles. The number of para-hydroxylation sites is 1. The molecule has 8 unspecified atom stereocenters. The molecule has 282 valence electrons. The van der Waals surface area contributed by atoms with Crippen molar-refractivity contribution in [2.75, 3.05) is 27.4 Å². The number of carboxylic acid groups (broad SMARTS) is 1. The standard InChI is InChI=1S/C38H37N3O13/c1-48-22-10-9-17-20-15-50-24-12-23-18(27(19-14-41-21-8-4-3-6-16(19)21)28(24)30(20)53-31(17)32(22)49-2)7-5-11-38(47)34(46)29(45)37(51-23)54-35(38)33(36(39)40)52-26(44)13-25(42)43/h3-4,6,8-10,12,20,29-30,33-37,45-47H,11,13-15,39-40H2,1-2H3,(H,42,43). The van der Waals surface area contributed by atoms with Crippen LogP contribution in [0.2, 0.25) is 0 Å². The van der Waals surface area contributed by atoms with Crippen molar-refractivity contribution in [1.29, 1.82) is 0 Å². The van der Waals surface area contributed by atoms with Gasteiger partial charge >= 0.3 is 11.9 Å².